The molecule has 0 unspecified atom stereocenters. The number of methoxy groups -OCH3 is 1. The van der Waals surface area contributed by atoms with Gasteiger partial charge in [0, 0.05) is 12.5 Å². The molecular formula is C25H27FN4O5. The highest BCUT2D eigenvalue weighted by Crippen LogP contribution is 2.37. The number of amides is 1. The molecular weight excluding hydrogens is 455 g/mol. The van der Waals surface area contributed by atoms with Crippen molar-refractivity contribution in [1.29, 1.82) is 0 Å². The van der Waals surface area contributed by atoms with Crippen LogP contribution >= 0.6 is 0 Å². The summed E-state index contributed by atoms with van der Waals surface area (Å²) in [5.41, 5.74) is 8.11. The smallest absolute Gasteiger partial charge is 0.356 e. The highest BCUT2D eigenvalue weighted by atomic mass is 19.1. The van der Waals surface area contributed by atoms with Crippen molar-refractivity contribution < 1.29 is 28.9 Å². The number of anilines is 1. The Labute approximate surface area is 201 Å². The minimum absolute atomic E-state index is 0.00736. The van der Waals surface area contributed by atoms with Gasteiger partial charge in [-0.2, -0.15) is 5.10 Å². The molecule has 1 saturated carbocycles. The van der Waals surface area contributed by atoms with Crippen molar-refractivity contribution in [3.05, 3.63) is 70.8 Å². The van der Waals surface area contributed by atoms with E-state index in [1.165, 1.54) is 23.9 Å². The van der Waals surface area contributed by atoms with Crippen LogP contribution in [0.15, 0.2) is 42.5 Å². The second-order valence-corrected chi connectivity index (χ2v) is 8.56. The number of halogens is 1. The Morgan fingerprint density at radius 2 is 1.86 bits per heavy atom. The van der Waals surface area contributed by atoms with Crippen molar-refractivity contribution in [2.24, 2.45) is 0 Å². The fourth-order valence-corrected chi connectivity index (χ4v) is 4.38. The average Bonchev–Trinajstić information content (AvgIpc) is 3.20. The van der Waals surface area contributed by atoms with Gasteiger partial charge in [-0.05, 0) is 61.6 Å². The number of aromatic nitrogens is 2. The molecule has 0 saturated heterocycles. The normalized spacial score (nSPS) is 17.7. The van der Waals surface area contributed by atoms with Crippen LogP contribution in [0.5, 0.6) is 5.75 Å². The number of hydrogen-bond donors (Lipinski definition) is 4. The number of hydrogen-bond acceptors (Lipinski definition) is 6. The Kier molecular flexibility index (Phi) is 7.02. The fraction of sp³-hybridized carbons (Fsp3) is 0.320. The maximum absolute atomic E-state index is 13.6. The molecule has 1 amide bonds. The highest BCUT2D eigenvalue weighted by Gasteiger charge is 2.29. The quantitative estimate of drug-likeness (QED) is 0.405. The molecule has 2 aromatic carbocycles. The standard InChI is InChI=1S/C25H27FN4O5/c1-35-20-11-6-16(26)12-19(20)24(32)28-13-14-2-7-17(8-3-14)30-23(25(33)34)21(27)22(29-30)15-4-9-18(31)10-5-15/h2-3,6-8,11-12,15,18,31H,4-5,9-10,13,27H2,1H3,(H,28,32)(H,33,34). The van der Waals surface area contributed by atoms with Crippen LogP contribution in [-0.4, -0.2) is 45.1 Å². The molecule has 5 N–H and O–H groups in total. The molecule has 3 aromatic rings. The number of aliphatic hydroxyl groups excluding tert-OH is 1. The Bertz CT molecular complexity index is 1230. The van der Waals surface area contributed by atoms with Gasteiger partial charge in [0.05, 0.1) is 35.8 Å². The minimum Gasteiger partial charge on any atom is -0.496 e. The fourth-order valence-electron chi connectivity index (χ4n) is 4.38. The van der Waals surface area contributed by atoms with Gasteiger partial charge >= 0.3 is 5.97 Å². The lowest BCUT2D eigenvalue weighted by Gasteiger charge is -2.24. The highest BCUT2D eigenvalue weighted by molar-refractivity contribution is 5.97. The minimum atomic E-state index is -1.18. The van der Waals surface area contributed by atoms with Crippen LogP contribution in [0.3, 0.4) is 0 Å². The summed E-state index contributed by atoms with van der Waals surface area (Å²) in [6.07, 6.45) is 2.29. The van der Waals surface area contributed by atoms with Crippen molar-refractivity contribution in [3.63, 3.8) is 0 Å². The molecule has 4 rings (SSSR count). The first-order chi connectivity index (χ1) is 16.8. The Hall–Kier alpha value is -3.92. The first-order valence-corrected chi connectivity index (χ1v) is 11.3. The van der Waals surface area contributed by atoms with Crippen molar-refractivity contribution in [1.82, 2.24) is 15.1 Å². The third-order valence-corrected chi connectivity index (χ3v) is 6.28. The second kappa shape index (κ2) is 10.1. The van der Waals surface area contributed by atoms with Crippen molar-refractivity contribution in [2.45, 2.75) is 44.2 Å². The van der Waals surface area contributed by atoms with E-state index in [4.69, 9.17) is 10.5 Å². The predicted molar refractivity (Wildman–Crippen MR) is 126 cm³/mol. The van der Waals surface area contributed by atoms with Crippen LogP contribution in [0.1, 0.15) is 63.7 Å². The van der Waals surface area contributed by atoms with Gasteiger partial charge in [-0.15, -0.1) is 0 Å². The lowest BCUT2D eigenvalue weighted by molar-refractivity contribution is 0.0687. The van der Waals surface area contributed by atoms with Gasteiger partial charge in [-0.3, -0.25) is 4.79 Å². The molecule has 1 aromatic heterocycles. The number of carboxylic acids is 1. The van der Waals surface area contributed by atoms with Gasteiger partial charge < -0.3 is 26.0 Å². The number of aromatic carboxylic acids is 1. The molecule has 0 atom stereocenters. The lowest BCUT2D eigenvalue weighted by Crippen LogP contribution is -2.23. The van der Waals surface area contributed by atoms with Crippen LogP contribution in [0.4, 0.5) is 10.1 Å². The maximum atomic E-state index is 13.6. The molecule has 0 radical (unpaired) electrons. The molecule has 0 aliphatic heterocycles. The zero-order valence-corrected chi connectivity index (χ0v) is 19.2. The molecule has 1 aliphatic rings. The molecule has 0 spiro atoms. The third kappa shape index (κ3) is 5.12. The van der Waals surface area contributed by atoms with Gasteiger partial charge in [0.15, 0.2) is 5.69 Å². The molecule has 0 bridgehead atoms. The number of carbonyl (C=O) groups is 2. The number of carbonyl (C=O) groups excluding carboxylic acids is 1. The van der Waals surface area contributed by atoms with Gasteiger partial charge in [0.2, 0.25) is 0 Å². The molecule has 184 valence electrons. The first kappa shape index (κ1) is 24.2. The van der Waals surface area contributed by atoms with E-state index in [1.54, 1.807) is 24.3 Å². The summed E-state index contributed by atoms with van der Waals surface area (Å²) in [5, 5.41) is 26.8. The summed E-state index contributed by atoms with van der Waals surface area (Å²) < 4.78 is 20.0. The number of nitrogens with zero attached hydrogens (tertiary/aromatic N) is 2. The second-order valence-electron chi connectivity index (χ2n) is 8.56. The predicted octanol–water partition coefficient (Wildman–Crippen LogP) is 3.25. The summed E-state index contributed by atoms with van der Waals surface area (Å²) in [7, 11) is 1.40. The van der Waals surface area contributed by atoms with Crippen LogP contribution in [-0.2, 0) is 6.54 Å². The van der Waals surface area contributed by atoms with Gasteiger partial charge in [-0.1, -0.05) is 12.1 Å². The molecule has 1 aliphatic carbocycles. The third-order valence-electron chi connectivity index (χ3n) is 6.28. The Balaban J connectivity index is 1.52. The van der Waals surface area contributed by atoms with Crippen molar-refractivity contribution >= 4 is 17.6 Å². The summed E-state index contributed by atoms with van der Waals surface area (Å²) >= 11 is 0. The Morgan fingerprint density at radius 3 is 2.49 bits per heavy atom. The van der Waals surface area contributed by atoms with Crippen LogP contribution < -0.4 is 15.8 Å². The molecule has 35 heavy (non-hydrogen) atoms. The number of nitrogens with two attached hydrogens (primary N) is 1. The number of nitrogens with one attached hydrogen (secondary N) is 1. The van der Waals surface area contributed by atoms with E-state index in [9.17, 15) is 24.2 Å². The topological polar surface area (TPSA) is 140 Å². The summed E-state index contributed by atoms with van der Waals surface area (Å²) in [4.78, 5) is 24.5. The van der Waals surface area contributed by atoms with E-state index in [-0.39, 0.29) is 41.3 Å². The molecule has 1 fully saturated rings. The number of benzene rings is 2. The number of nitrogen functional groups attached to an aromatic ring is 1. The van der Waals surface area contributed by atoms with E-state index < -0.39 is 17.7 Å². The van der Waals surface area contributed by atoms with Gasteiger partial charge in [0.1, 0.15) is 11.6 Å². The van der Waals surface area contributed by atoms with Crippen molar-refractivity contribution in [2.75, 3.05) is 12.8 Å². The van der Waals surface area contributed by atoms with Crippen LogP contribution in [0.2, 0.25) is 0 Å². The largest absolute Gasteiger partial charge is 0.496 e. The van der Waals surface area contributed by atoms with Gasteiger partial charge in [-0.25, -0.2) is 13.9 Å². The lowest BCUT2D eigenvalue weighted by atomic mass is 9.85. The summed E-state index contributed by atoms with van der Waals surface area (Å²) in [6, 6.07) is 10.6. The summed E-state index contributed by atoms with van der Waals surface area (Å²) in [6.45, 7) is 0.168. The van der Waals surface area contributed by atoms with E-state index in [1.807, 2.05) is 0 Å². The number of carboxylic acid groups (broad SMARTS) is 1. The summed E-state index contributed by atoms with van der Waals surface area (Å²) in [5.74, 6) is -1.96. The van der Waals surface area contributed by atoms with E-state index in [2.05, 4.69) is 10.4 Å². The number of rotatable bonds is 7. The average molecular weight is 483 g/mol. The van der Waals surface area contributed by atoms with E-state index in [0.29, 0.717) is 37.1 Å². The van der Waals surface area contributed by atoms with E-state index >= 15 is 0 Å². The molecule has 9 nitrogen and oxygen atoms in total. The zero-order chi connectivity index (χ0) is 25.1. The first-order valence-electron chi connectivity index (χ1n) is 11.3. The molecule has 1 heterocycles. The Morgan fingerprint density at radius 1 is 1.17 bits per heavy atom. The van der Waals surface area contributed by atoms with Gasteiger partial charge in [0.25, 0.3) is 5.91 Å². The maximum Gasteiger partial charge on any atom is 0.356 e. The monoisotopic (exact) mass is 482 g/mol. The number of ether oxygens (including phenoxy) is 1. The van der Waals surface area contributed by atoms with Crippen LogP contribution in [0.25, 0.3) is 5.69 Å². The van der Waals surface area contributed by atoms with Crippen LogP contribution in [0, 0.1) is 5.82 Å². The SMILES string of the molecule is COc1ccc(F)cc1C(=O)NCc1ccc(-n2nc(C3CCC(O)CC3)c(N)c2C(=O)O)cc1. The molecule has 10 heteroatoms. The van der Waals surface area contributed by atoms with E-state index in [0.717, 1.165) is 11.6 Å². The number of aliphatic hydroxyl groups is 1. The zero-order valence-electron chi connectivity index (χ0n) is 19.2. The van der Waals surface area contributed by atoms with Crippen molar-refractivity contribution in [3.8, 4) is 11.4 Å².